The summed E-state index contributed by atoms with van der Waals surface area (Å²) >= 11 is 0. The molecule has 0 bridgehead atoms. The molecule has 27 heavy (non-hydrogen) atoms. The van der Waals surface area contributed by atoms with Crippen LogP contribution < -0.4 is 16.0 Å². The molecule has 2 aromatic carbocycles. The summed E-state index contributed by atoms with van der Waals surface area (Å²) in [6.45, 7) is 3.69. The van der Waals surface area contributed by atoms with Crippen LogP contribution in [-0.4, -0.2) is 24.9 Å². The molecule has 1 aliphatic heterocycles. The number of carbonyl (C=O) groups excluding carboxylic acids is 2. The minimum atomic E-state index is -0.463. The van der Waals surface area contributed by atoms with Crippen molar-refractivity contribution in [2.75, 3.05) is 23.7 Å². The third kappa shape index (κ3) is 5.52. The molecule has 3 N–H and O–H groups in total. The van der Waals surface area contributed by atoms with Crippen LogP contribution >= 0.6 is 12.4 Å². The van der Waals surface area contributed by atoms with Crippen LogP contribution in [0.25, 0.3) is 0 Å². The van der Waals surface area contributed by atoms with Gasteiger partial charge >= 0.3 is 0 Å². The van der Waals surface area contributed by atoms with Gasteiger partial charge in [-0.05, 0) is 48.8 Å². The van der Waals surface area contributed by atoms with Crippen LogP contribution in [0.5, 0.6) is 0 Å². The summed E-state index contributed by atoms with van der Waals surface area (Å²) in [7, 11) is 0. The normalized spacial score (nSPS) is 14.4. The van der Waals surface area contributed by atoms with Crippen molar-refractivity contribution in [3.05, 3.63) is 59.9 Å². The molecule has 0 aliphatic carbocycles. The lowest BCUT2D eigenvalue weighted by atomic mass is 9.88. The Labute approximate surface area is 164 Å². The standard InChI is InChI=1S/C20H22FN3O2.ClH/c1-13(15-11-22-12-15)20(26)23-16-8-6-14(7-9-16)10-19(25)24-18-5-3-2-4-17(18)21;/h2-9,13,15,22H,10-12H2,1H3,(H,23,26)(H,24,25);1H. The van der Waals surface area contributed by atoms with Crippen molar-refractivity contribution in [1.29, 1.82) is 0 Å². The number of anilines is 2. The number of nitrogens with one attached hydrogen (secondary N) is 3. The molecule has 0 spiro atoms. The van der Waals surface area contributed by atoms with Gasteiger partial charge in [0.25, 0.3) is 0 Å². The minimum absolute atomic E-state index is 0. The Morgan fingerprint density at radius 2 is 1.78 bits per heavy atom. The van der Waals surface area contributed by atoms with E-state index in [0.29, 0.717) is 11.6 Å². The van der Waals surface area contributed by atoms with Crippen LogP contribution in [0.15, 0.2) is 48.5 Å². The van der Waals surface area contributed by atoms with Crippen LogP contribution in [0, 0.1) is 17.7 Å². The maximum absolute atomic E-state index is 13.6. The number of amides is 2. The van der Waals surface area contributed by atoms with Crippen molar-refractivity contribution < 1.29 is 14.0 Å². The highest BCUT2D eigenvalue weighted by Gasteiger charge is 2.28. The smallest absolute Gasteiger partial charge is 0.228 e. The van der Waals surface area contributed by atoms with Gasteiger partial charge in [0.05, 0.1) is 12.1 Å². The largest absolute Gasteiger partial charge is 0.326 e. The predicted molar refractivity (Wildman–Crippen MR) is 107 cm³/mol. The summed E-state index contributed by atoms with van der Waals surface area (Å²) in [6, 6.07) is 13.2. The maximum atomic E-state index is 13.6. The molecule has 7 heteroatoms. The third-order valence-electron chi connectivity index (χ3n) is 4.67. The van der Waals surface area contributed by atoms with E-state index in [4.69, 9.17) is 0 Å². The van der Waals surface area contributed by atoms with Gasteiger partial charge in [-0.3, -0.25) is 9.59 Å². The highest BCUT2D eigenvalue weighted by atomic mass is 35.5. The molecule has 1 unspecified atom stereocenters. The van der Waals surface area contributed by atoms with Gasteiger partial charge in [0, 0.05) is 11.6 Å². The third-order valence-corrected chi connectivity index (χ3v) is 4.67. The first-order valence-electron chi connectivity index (χ1n) is 8.68. The Kier molecular flexibility index (Phi) is 7.33. The van der Waals surface area contributed by atoms with Crippen molar-refractivity contribution in [1.82, 2.24) is 5.32 Å². The van der Waals surface area contributed by atoms with Crippen molar-refractivity contribution in [2.45, 2.75) is 13.3 Å². The number of carbonyl (C=O) groups is 2. The van der Waals surface area contributed by atoms with E-state index in [1.807, 2.05) is 6.92 Å². The fourth-order valence-electron chi connectivity index (χ4n) is 2.78. The SMILES string of the molecule is CC(C(=O)Nc1ccc(CC(=O)Nc2ccccc2F)cc1)C1CNC1.Cl. The van der Waals surface area contributed by atoms with Gasteiger partial charge in [-0.25, -0.2) is 4.39 Å². The summed E-state index contributed by atoms with van der Waals surface area (Å²) in [5.41, 5.74) is 1.65. The van der Waals surface area contributed by atoms with E-state index in [9.17, 15) is 14.0 Å². The first kappa shape index (κ1) is 20.9. The topological polar surface area (TPSA) is 70.2 Å². The number of hydrogen-bond acceptors (Lipinski definition) is 3. The monoisotopic (exact) mass is 391 g/mol. The minimum Gasteiger partial charge on any atom is -0.326 e. The summed E-state index contributed by atoms with van der Waals surface area (Å²) in [4.78, 5) is 24.3. The zero-order valence-corrected chi connectivity index (χ0v) is 15.8. The van der Waals surface area contributed by atoms with Crippen molar-refractivity contribution in [2.24, 2.45) is 11.8 Å². The summed E-state index contributed by atoms with van der Waals surface area (Å²) in [6.07, 6.45) is 0.132. The molecule has 5 nitrogen and oxygen atoms in total. The van der Waals surface area contributed by atoms with Crippen LogP contribution in [0.2, 0.25) is 0 Å². The van der Waals surface area contributed by atoms with Gasteiger partial charge in [-0.1, -0.05) is 31.2 Å². The Bertz CT molecular complexity index is 794. The summed E-state index contributed by atoms with van der Waals surface area (Å²) in [5, 5.41) is 8.62. The number of halogens is 2. The fourth-order valence-corrected chi connectivity index (χ4v) is 2.78. The van der Waals surface area contributed by atoms with Crippen molar-refractivity contribution >= 4 is 35.6 Å². The van der Waals surface area contributed by atoms with Gasteiger partial charge in [0.15, 0.2) is 0 Å². The first-order valence-corrected chi connectivity index (χ1v) is 8.68. The number of hydrogen-bond donors (Lipinski definition) is 3. The predicted octanol–water partition coefficient (Wildman–Crippen LogP) is 3.22. The van der Waals surface area contributed by atoms with E-state index >= 15 is 0 Å². The number of para-hydroxylation sites is 1. The van der Waals surface area contributed by atoms with E-state index in [1.54, 1.807) is 36.4 Å². The lowest BCUT2D eigenvalue weighted by Crippen LogP contribution is -2.48. The lowest BCUT2D eigenvalue weighted by Gasteiger charge is -2.31. The summed E-state index contributed by atoms with van der Waals surface area (Å²) in [5.74, 6) is -0.409. The van der Waals surface area contributed by atoms with Crippen LogP contribution in [0.4, 0.5) is 15.8 Å². The molecule has 1 fully saturated rings. The second kappa shape index (κ2) is 9.48. The van der Waals surface area contributed by atoms with Crippen LogP contribution in [0.1, 0.15) is 12.5 Å². The molecule has 0 saturated carbocycles. The van der Waals surface area contributed by atoms with Gasteiger partial charge in [0.1, 0.15) is 5.82 Å². The number of rotatable bonds is 6. The van der Waals surface area contributed by atoms with Gasteiger partial charge in [-0.15, -0.1) is 12.4 Å². The van der Waals surface area contributed by atoms with Crippen LogP contribution in [-0.2, 0) is 16.0 Å². The van der Waals surface area contributed by atoms with E-state index in [1.165, 1.54) is 12.1 Å². The van der Waals surface area contributed by atoms with E-state index in [0.717, 1.165) is 18.7 Å². The average Bonchev–Trinajstić information content (AvgIpc) is 2.57. The molecule has 1 saturated heterocycles. The maximum Gasteiger partial charge on any atom is 0.228 e. The lowest BCUT2D eigenvalue weighted by molar-refractivity contribution is -0.121. The molecule has 144 valence electrons. The molecule has 2 amide bonds. The van der Waals surface area contributed by atoms with Gasteiger partial charge in [0.2, 0.25) is 11.8 Å². The quantitative estimate of drug-likeness (QED) is 0.708. The molecular formula is C20H23ClFN3O2. The highest BCUT2D eigenvalue weighted by molar-refractivity contribution is 5.93. The first-order chi connectivity index (χ1) is 12.5. The van der Waals surface area contributed by atoms with E-state index < -0.39 is 5.82 Å². The van der Waals surface area contributed by atoms with Crippen LogP contribution in [0.3, 0.4) is 0 Å². The highest BCUT2D eigenvalue weighted by Crippen LogP contribution is 2.19. The number of benzene rings is 2. The molecule has 0 radical (unpaired) electrons. The van der Waals surface area contributed by atoms with E-state index in [-0.39, 0.29) is 42.2 Å². The zero-order chi connectivity index (χ0) is 18.5. The zero-order valence-electron chi connectivity index (χ0n) is 15.0. The molecule has 3 rings (SSSR count). The molecule has 1 atom stereocenters. The van der Waals surface area contributed by atoms with Crippen molar-refractivity contribution in [3.8, 4) is 0 Å². The second-order valence-electron chi connectivity index (χ2n) is 6.60. The molecule has 1 aliphatic rings. The van der Waals surface area contributed by atoms with Gasteiger partial charge < -0.3 is 16.0 Å². The summed E-state index contributed by atoms with van der Waals surface area (Å²) < 4.78 is 13.6. The average molecular weight is 392 g/mol. The Morgan fingerprint density at radius 1 is 1.11 bits per heavy atom. The molecular weight excluding hydrogens is 369 g/mol. The Hall–Kier alpha value is -2.44. The molecule has 1 heterocycles. The van der Waals surface area contributed by atoms with Gasteiger partial charge in [-0.2, -0.15) is 0 Å². The molecule has 0 aromatic heterocycles. The second-order valence-corrected chi connectivity index (χ2v) is 6.60. The fraction of sp³-hybridized carbons (Fsp3) is 0.300. The Morgan fingerprint density at radius 3 is 2.37 bits per heavy atom. The molecule has 2 aromatic rings. The van der Waals surface area contributed by atoms with E-state index in [2.05, 4.69) is 16.0 Å². The Balaban J connectivity index is 0.00000261. The van der Waals surface area contributed by atoms with Crippen molar-refractivity contribution in [3.63, 3.8) is 0 Å².